The predicted octanol–water partition coefficient (Wildman–Crippen LogP) is 2.47. The lowest BCUT2D eigenvalue weighted by Crippen LogP contribution is -2.38. The molecule has 1 aromatic carbocycles. The van der Waals surface area contributed by atoms with Crippen molar-refractivity contribution in [2.24, 2.45) is 0 Å². The van der Waals surface area contributed by atoms with E-state index < -0.39 is 10.0 Å². The molecule has 6 heteroatoms. The van der Waals surface area contributed by atoms with Crippen LogP contribution in [-0.4, -0.2) is 43.9 Å². The number of thioether (sulfide) groups is 1. The van der Waals surface area contributed by atoms with Crippen LogP contribution in [0.4, 0.5) is 5.69 Å². The van der Waals surface area contributed by atoms with Gasteiger partial charge in [0.25, 0.3) is 0 Å². The molecule has 2 rings (SSSR count). The molecule has 0 radical (unpaired) electrons. The predicted molar refractivity (Wildman–Crippen MR) is 86.2 cm³/mol. The van der Waals surface area contributed by atoms with Gasteiger partial charge >= 0.3 is 0 Å². The Balaban J connectivity index is 2.40. The fourth-order valence-corrected chi connectivity index (χ4v) is 5.57. The van der Waals surface area contributed by atoms with Gasteiger partial charge in [-0.1, -0.05) is 0 Å². The lowest BCUT2D eigenvalue weighted by Gasteiger charge is -2.27. The first-order valence-electron chi connectivity index (χ1n) is 6.90. The maximum absolute atomic E-state index is 12.8. The second kappa shape index (κ2) is 6.37. The number of anilines is 1. The maximum atomic E-state index is 12.8. The molecule has 1 N–H and O–H groups in total. The highest BCUT2D eigenvalue weighted by Gasteiger charge is 2.29. The van der Waals surface area contributed by atoms with Crippen LogP contribution in [0.2, 0.25) is 0 Å². The number of benzene rings is 1. The average molecular weight is 314 g/mol. The largest absolute Gasteiger partial charge is 0.385 e. The first-order chi connectivity index (χ1) is 9.46. The molecule has 0 aromatic heterocycles. The Morgan fingerprint density at radius 1 is 1.20 bits per heavy atom. The fraction of sp³-hybridized carbons (Fsp3) is 0.571. The van der Waals surface area contributed by atoms with Crippen molar-refractivity contribution < 1.29 is 8.42 Å². The van der Waals surface area contributed by atoms with E-state index in [4.69, 9.17) is 0 Å². The molecule has 0 bridgehead atoms. The molecule has 1 aromatic rings. The summed E-state index contributed by atoms with van der Waals surface area (Å²) >= 11 is 1.81. The molecule has 112 valence electrons. The highest BCUT2D eigenvalue weighted by atomic mass is 32.2. The summed E-state index contributed by atoms with van der Waals surface area (Å²) in [7, 11) is -3.36. The Hall–Kier alpha value is -0.720. The minimum Gasteiger partial charge on any atom is -0.385 e. The van der Waals surface area contributed by atoms with Crippen molar-refractivity contribution in [1.29, 1.82) is 0 Å². The van der Waals surface area contributed by atoms with Gasteiger partial charge in [0, 0.05) is 36.8 Å². The van der Waals surface area contributed by atoms with Crippen LogP contribution in [0.15, 0.2) is 17.0 Å². The first-order valence-corrected chi connectivity index (χ1v) is 9.49. The quantitative estimate of drug-likeness (QED) is 0.927. The second-order valence-electron chi connectivity index (χ2n) is 4.99. The third-order valence-electron chi connectivity index (χ3n) is 3.41. The van der Waals surface area contributed by atoms with Gasteiger partial charge in [-0.05, 0) is 44.0 Å². The van der Waals surface area contributed by atoms with Gasteiger partial charge in [-0.15, -0.1) is 0 Å². The molecule has 0 aliphatic carbocycles. The second-order valence-corrected chi connectivity index (χ2v) is 8.09. The third kappa shape index (κ3) is 3.13. The molecule has 4 nitrogen and oxygen atoms in total. The van der Waals surface area contributed by atoms with Gasteiger partial charge in [0.2, 0.25) is 10.0 Å². The summed E-state index contributed by atoms with van der Waals surface area (Å²) in [5.74, 6) is 1.76. The molecular formula is C14H22N2O2S2. The summed E-state index contributed by atoms with van der Waals surface area (Å²) < 4.78 is 27.2. The molecule has 20 heavy (non-hydrogen) atoms. The van der Waals surface area contributed by atoms with Crippen LogP contribution in [0.25, 0.3) is 0 Å². The Morgan fingerprint density at radius 2 is 1.75 bits per heavy atom. The number of nitrogens with zero attached hydrogens (tertiary/aromatic N) is 1. The lowest BCUT2D eigenvalue weighted by atomic mass is 10.1. The zero-order valence-corrected chi connectivity index (χ0v) is 13.9. The number of nitrogens with one attached hydrogen (secondary N) is 1. The van der Waals surface area contributed by atoms with Crippen molar-refractivity contribution in [1.82, 2.24) is 4.31 Å². The number of rotatable bonds is 4. The normalized spacial score (nSPS) is 17.1. The van der Waals surface area contributed by atoms with Gasteiger partial charge in [0.15, 0.2) is 0 Å². The molecule has 0 saturated carbocycles. The SMILES string of the molecule is CCNc1cc(C)c(S(=O)(=O)N2CCSCC2)c(C)c1. The molecule has 0 amide bonds. The molecule has 1 saturated heterocycles. The highest BCUT2D eigenvalue weighted by Crippen LogP contribution is 2.28. The monoisotopic (exact) mass is 314 g/mol. The van der Waals surface area contributed by atoms with E-state index in [-0.39, 0.29) is 0 Å². The minimum atomic E-state index is -3.36. The van der Waals surface area contributed by atoms with Crippen molar-refractivity contribution in [3.63, 3.8) is 0 Å². The summed E-state index contributed by atoms with van der Waals surface area (Å²) in [6, 6.07) is 3.84. The minimum absolute atomic E-state index is 0.478. The maximum Gasteiger partial charge on any atom is 0.243 e. The van der Waals surface area contributed by atoms with Crippen LogP contribution in [0.1, 0.15) is 18.1 Å². The van der Waals surface area contributed by atoms with Crippen LogP contribution in [0, 0.1) is 13.8 Å². The van der Waals surface area contributed by atoms with Crippen LogP contribution in [0.5, 0.6) is 0 Å². The Bertz CT molecular complexity index is 556. The Kier molecular flexibility index (Phi) is 4.99. The van der Waals surface area contributed by atoms with Crippen molar-refractivity contribution in [2.45, 2.75) is 25.7 Å². The number of hydrogen-bond acceptors (Lipinski definition) is 4. The topological polar surface area (TPSA) is 49.4 Å². The number of aryl methyl sites for hydroxylation is 2. The Morgan fingerprint density at radius 3 is 2.25 bits per heavy atom. The van der Waals surface area contributed by atoms with Crippen LogP contribution in [0.3, 0.4) is 0 Å². The summed E-state index contributed by atoms with van der Waals surface area (Å²) in [6.07, 6.45) is 0. The van der Waals surface area contributed by atoms with Gasteiger partial charge in [0.1, 0.15) is 0 Å². The third-order valence-corrected chi connectivity index (χ3v) is 6.56. The molecule has 1 fully saturated rings. The zero-order valence-electron chi connectivity index (χ0n) is 12.3. The first kappa shape index (κ1) is 15.7. The van der Waals surface area contributed by atoms with Gasteiger partial charge in [-0.25, -0.2) is 8.42 Å². The van der Waals surface area contributed by atoms with E-state index in [1.165, 1.54) is 0 Å². The van der Waals surface area contributed by atoms with Gasteiger partial charge in [0.05, 0.1) is 4.90 Å². The van der Waals surface area contributed by atoms with Gasteiger partial charge in [-0.3, -0.25) is 0 Å². The van der Waals surface area contributed by atoms with Gasteiger partial charge in [-0.2, -0.15) is 16.1 Å². The molecule has 0 unspecified atom stereocenters. The van der Waals surface area contributed by atoms with E-state index in [2.05, 4.69) is 5.32 Å². The summed E-state index contributed by atoms with van der Waals surface area (Å²) in [6.45, 7) is 7.83. The summed E-state index contributed by atoms with van der Waals surface area (Å²) in [5, 5.41) is 3.24. The van der Waals surface area contributed by atoms with Crippen LogP contribution in [-0.2, 0) is 10.0 Å². The highest BCUT2D eigenvalue weighted by molar-refractivity contribution is 7.99. The molecule has 1 heterocycles. The zero-order chi connectivity index (χ0) is 14.8. The average Bonchev–Trinajstić information content (AvgIpc) is 2.39. The molecule has 1 aliphatic heterocycles. The fourth-order valence-electron chi connectivity index (χ4n) is 2.58. The molecule has 1 aliphatic rings. The van der Waals surface area contributed by atoms with E-state index in [0.29, 0.717) is 18.0 Å². The molecule has 0 spiro atoms. The van der Waals surface area contributed by atoms with Crippen LogP contribution < -0.4 is 5.32 Å². The van der Waals surface area contributed by atoms with Gasteiger partial charge < -0.3 is 5.32 Å². The summed E-state index contributed by atoms with van der Waals surface area (Å²) in [4.78, 5) is 0.478. The van der Waals surface area contributed by atoms with E-state index in [9.17, 15) is 8.42 Å². The standard InChI is InChI=1S/C14H22N2O2S2/c1-4-15-13-9-11(2)14(12(3)10-13)20(17,18)16-5-7-19-8-6-16/h9-10,15H,4-8H2,1-3H3. The van der Waals surface area contributed by atoms with Crippen LogP contribution >= 0.6 is 11.8 Å². The van der Waals surface area contributed by atoms with E-state index in [1.54, 1.807) is 4.31 Å². The molecular weight excluding hydrogens is 292 g/mol. The molecule has 0 atom stereocenters. The van der Waals surface area contributed by atoms with E-state index >= 15 is 0 Å². The Labute approximate surface area is 126 Å². The smallest absolute Gasteiger partial charge is 0.243 e. The van der Waals surface area contributed by atoms with Crippen molar-refractivity contribution in [3.8, 4) is 0 Å². The van der Waals surface area contributed by atoms with E-state index in [0.717, 1.165) is 34.9 Å². The van der Waals surface area contributed by atoms with Crippen molar-refractivity contribution in [2.75, 3.05) is 36.5 Å². The van der Waals surface area contributed by atoms with E-state index in [1.807, 2.05) is 44.7 Å². The lowest BCUT2D eigenvalue weighted by molar-refractivity contribution is 0.443. The van der Waals surface area contributed by atoms with Crippen molar-refractivity contribution in [3.05, 3.63) is 23.3 Å². The number of hydrogen-bond donors (Lipinski definition) is 1. The number of sulfonamides is 1. The van der Waals surface area contributed by atoms with Crippen molar-refractivity contribution >= 4 is 27.5 Å². The summed E-state index contributed by atoms with van der Waals surface area (Å²) in [5.41, 5.74) is 2.62.